The van der Waals surface area contributed by atoms with Crippen LogP contribution in [-0.2, 0) is 10.2 Å². The number of fused-ring (bicyclic) bond motifs is 1. The Labute approximate surface area is 151 Å². The lowest BCUT2D eigenvalue weighted by atomic mass is 9.70. The number of nitrogens with zero attached hydrogens (tertiary/aromatic N) is 1. The molecule has 2 aliphatic carbocycles. The summed E-state index contributed by atoms with van der Waals surface area (Å²) < 4.78 is 6.24. The molecule has 25 heavy (non-hydrogen) atoms. The fourth-order valence-electron chi connectivity index (χ4n) is 5.04. The molecule has 0 amide bonds. The molecule has 2 nitrogen and oxygen atoms in total. The fraction of sp³-hybridized carbons (Fsp3) is 0.478. The van der Waals surface area contributed by atoms with Gasteiger partial charge in [-0.2, -0.15) is 0 Å². The van der Waals surface area contributed by atoms with E-state index in [-0.39, 0.29) is 11.0 Å². The van der Waals surface area contributed by atoms with Gasteiger partial charge in [-0.25, -0.2) is 0 Å². The van der Waals surface area contributed by atoms with E-state index in [1.807, 2.05) is 0 Å². The maximum atomic E-state index is 6.24. The van der Waals surface area contributed by atoms with Crippen molar-refractivity contribution in [3.63, 3.8) is 0 Å². The molecule has 1 unspecified atom stereocenters. The van der Waals surface area contributed by atoms with E-state index in [2.05, 4.69) is 75.2 Å². The number of ether oxygens (including phenoxy) is 1. The summed E-state index contributed by atoms with van der Waals surface area (Å²) in [4.78, 5) is 2.43. The topological polar surface area (TPSA) is 12.5 Å². The van der Waals surface area contributed by atoms with Gasteiger partial charge in [0.25, 0.3) is 0 Å². The van der Waals surface area contributed by atoms with E-state index in [0.29, 0.717) is 6.61 Å². The van der Waals surface area contributed by atoms with Crippen LogP contribution in [-0.4, -0.2) is 19.2 Å². The van der Waals surface area contributed by atoms with Crippen molar-refractivity contribution in [2.75, 3.05) is 18.6 Å². The second-order valence-corrected chi connectivity index (χ2v) is 7.98. The second-order valence-electron chi connectivity index (χ2n) is 7.98. The SMILES string of the molecule is CCOC1=CC(C2=CCCCC2)=CC12N(C)c1ccccc1C2(C)C. The lowest BCUT2D eigenvalue weighted by molar-refractivity contribution is 0.167. The fourth-order valence-corrected chi connectivity index (χ4v) is 5.04. The molecule has 2 heteroatoms. The molecule has 0 fully saturated rings. The third-order valence-electron chi connectivity index (χ3n) is 6.41. The number of anilines is 1. The highest BCUT2D eigenvalue weighted by atomic mass is 16.5. The van der Waals surface area contributed by atoms with E-state index in [0.717, 1.165) is 5.76 Å². The predicted molar refractivity (Wildman–Crippen MR) is 105 cm³/mol. The van der Waals surface area contributed by atoms with Gasteiger partial charge in [-0.05, 0) is 67.5 Å². The van der Waals surface area contributed by atoms with Crippen molar-refractivity contribution in [2.24, 2.45) is 0 Å². The highest BCUT2D eigenvalue weighted by Crippen LogP contribution is 2.57. The number of benzene rings is 1. The van der Waals surface area contributed by atoms with Crippen molar-refractivity contribution in [3.8, 4) is 0 Å². The molecule has 0 saturated heterocycles. The summed E-state index contributed by atoms with van der Waals surface area (Å²) in [6.07, 6.45) is 12.2. The summed E-state index contributed by atoms with van der Waals surface area (Å²) in [5.74, 6) is 1.10. The first-order chi connectivity index (χ1) is 12.0. The lowest BCUT2D eigenvalue weighted by Crippen LogP contribution is -2.54. The Balaban J connectivity index is 1.88. The number of hydrogen-bond donors (Lipinski definition) is 0. The van der Waals surface area contributed by atoms with E-state index < -0.39 is 0 Å². The minimum Gasteiger partial charge on any atom is -0.495 e. The van der Waals surface area contributed by atoms with Crippen molar-refractivity contribution in [2.45, 2.75) is 57.4 Å². The third-order valence-corrected chi connectivity index (χ3v) is 6.41. The molecule has 0 saturated carbocycles. The summed E-state index contributed by atoms with van der Waals surface area (Å²) in [5.41, 5.74) is 5.30. The summed E-state index contributed by atoms with van der Waals surface area (Å²) >= 11 is 0. The maximum Gasteiger partial charge on any atom is 0.127 e. The van der Waals surface area contributed by atoms with Crippen LogP contribution in [0, 0.1) is 0 Å². The van der Waals surface area contributed by atoms with Crippen LogP contribution in [0.1, 0.15) is 52.0 Å². The number of para-hydroxylation sites is 1. The van der Waals surface area contributed by atoms with Gasteiger partial charge in [-0.1, -0.05) is 38.1 Å². The molecule has 0 N–H and O–H groups in total. The Kier molecular flexibility index (Phi) is 3.82. The zero-order valence-corrected chi connectivity index (χ0v) is 15.9. The van der Waals surface area contributed by atoms with E-state index in [1.165, 1.54) is 48.1 Å². The molecular weight excluding hydrogens is 306 g/mol. The van der Waals surface area contributed by atoms with Crippen LogP contribution < -0.4 is 4.90 Å². The number of hydrogen-bond acceptors (Lipinski definition) is 2. The highest BCUT2D eigenvalue weighted by Gasteiger charge is 2.59. The third kappa shape index (κ3) is 2.16. The van der Waals surface area contributed by atoms with Crippen LogP contribution in [0.3, 0.4) is 0 Å². The molecule has 4 rings (SSSR count). The molecular formula is C23H29NO. The largest absolute Gasteiger partial charge is 0.495 e. The van der Waals surface area contributed by atoms with Crippen molar-refractivity contribution in [3.05, 3.63) is 65.0 Å². The molecule has 1 heterocycles. The highest BCUT2D eigenvalue weighted by molar-refractivity contribution is 5.74. The zero-order chi connectivity index (χ0) is 17.7. The van der Waals surface area contributed by atoms with E-state index >= 15 is 0 Å². The molecule has 1 aromatic carbocycles. The molecule has 0 bridgehead atoms. The Morgan fingerprint density at radius 3 is 2.64 bits per heavy atom. The summed E-state index contributed by atoms with van der Waals surface area (Å²) in [7, 11) is 2.22. The molecule has 0 radical (unpaired) electrons. The van der Waals surface area contributed by atoms with E-state index in [4.69, 9.17) is 4.74 Å². The smallest absolute Gasteiger partial charge is 0.127 e. The van der Waals surface area contributed by atoms with Crippen LogP contribution in [0.5, 0.6) is 0 Å². The molecule has 3 aliphatic rings. The Hall–Kier alpha value is -1.96. The number of allylic oxidation sites excluding steroid dienone is 4. The molecule has 0 aromatic heterocycles. The maximum absolute atomic E-state index is 6.24. The summed E-state index contributed by atoms with van der Waals surface area (Å²) in [6, 6.07) is 8.80. The van der Waals surface area contributed by atoms with Crippen molar-refractivity contribution >= 4 is 5.69 Å². The van der Waals surface area contributed by atoms with Crippen LogP contribution in [0.15, 0.2) is 59.4 Å². The molecule has 1 aliphatic heterocycles. The van der Waals surface area contributed by atoms with Gasteiger partial charge in [0, 0.05) is 18.2 Å². The average Bonchev–Trinajstić information content (AvgIpc) is 3.09. The Bertz CT molecular complexity index is 783. The van der Waals surface area contributed by atoms with Gasteiger partial charge in [0.15, 0.2) is 0 Å². The second kappa shape index (κ2) is 5.79. The van der Waals surface area contributed by atoms with Gasteiger partial charge < -0.3 is 9.64 Å². The van der Waals surface area contributed by atoms with Crippen LogP contribution in [0.4, 0.5) is 5.69 Å². The normalized spacial score (nSPS) is 27.0. The van der Waals surface area contributed by atoms with Crippen LogP contribution in [0.25, 0.3) is 0 Å². The first kappa shape index (κ1) is 16.5. The monoisotopic (exact) mass is 335 g/mol. The Morgan fingerprint density at radius 1 is 1.16 bits per heavy atom. The van der Waals surface area contributed by atoms with Gasteiger partial charge in [0.05, 0.1) is 6.61 Å². The van der Waals surface area contributed by atoms with Gasteiger partial charge >= 0.3 is 0 Å². The first-order valence-electron chi connectivity index (χ1n) is 9.63. The zero-order valence-electron chi connectivity index (χ0n) is 15.9. The number of likely N-dealkylation sites (N-methyl/N-ethyl adjacent to an activating group) is 1. The van der Waals surface area contributed by atoms with E-state index in [1.54, 1.807) is 0 Å². The van der Waals surface area contributed by atoms with Crippen molar-refractivity contribution < 1.29 is 4.74 Å². The van der Waals surface area contributed by atoms with Crippen molar-refractivity contribution in [1.29, 1.82) is 0 Å². The van der Waals surface area contributed by atoms with Crippen LogP contribution >= 0.6 is 0 Å². The molecule has 1 spiro atoms. The molecule has 1 aromatic rings. The van der Waals surface area contributed by atoms with Gasteiger partial charge in [-0.15, -0.1) is 0 Å². The van der Waals surface area contributed by atoms with Gasteiger partial charge in [0.2, 0.25) is 0 Å². The Morgan fingerprint density at radius 2 is 1.96 bits per heavy atom. The standard InChI is InChI=1S/C23H29NO/c1-5-25-21-15-18(17-11-7-6-8-12-17)16-23(21)22(2,3)19-13-9-10-14-20(19)24(23)4/h9-11,13-16H,5-8,12H2,1-4H3. The average molecular weight is 335 g/mol. The van der Waals surface area contributed by atoms with Gasteiger partial charge in [-0.3, -0.25) is 0 Å². The van der Waals surface area contributed by atoms with Gasteiger partial charge in [0.1, 0.15) is 11.3 Å². The minimum absolute atomic E-state index is 0.0453. The number of rotatable bonds is 3. The summed E-state index contributed by atoms with van der Waals surface area (Å²) in [5, 5.41) is 0. The first-order valence-corrected chi connectivity index (χ1v) is 9.63. The van der Waals surface area contributed by atoms with Crippen LogP contribution in [0.2, 0.25) is 0 Å². The quantitative estimate of drug-likeness (QED) is 0.722. The van der Waals surface area contributed by atoms with Crippen molar-refractivity contribution in [1.82, 2.24) is 0 Å². The molecule has 132 valence electrons. The summed E-state index contributed by atoms with van der Waals surface area (Å²) in [6.45, 7) is 7.50. The van der Waals surface area contributed by atoms with E-state index in [9.17, 15) is 0 Å². The minimum atomic E-state index is -0.236. The molecule has 1 atom stereocenters. The lowest BCUT2D eigenvalue weighted by Gasteiger charge is -2.43. The predicted octanol–water partition coefficient (Wildman–Crippen LogP) is 5.51.